The molecule has 7 heteroatoms. The van der Waals surface area contributed by atoms with Crippen molar-refractivity contribution in [3.63, 3.8) is 0 Å². The first-order valence-electron chi connectivity index (χ1n) is 10.7. The van der Waals surface area contributed by atoms with Gasteiger partial charge in [0.05, 0.1) is 11.1 Å². The van der Waals surface area contributed by atoms with Gasteiger partial charge in [-0.2, -0.15) is 0 Å². The van der Waals surface area contributed by atoms with Crippen LogP contribution in [-0.4, -0.2) is 10.9 Å². The summed E-state index contributed by atoms with van der Waals surface area (Å²) in [6.45, 7) is 1.78. The van der Waals surface area contributed by atoms with Crippen molar-refractivity contribution in [2.75, 3.05) is 10.6 Å². The van der Waals surface area contributed by atoms with E-state index in [0.717, 1.165) is 22.8 Å². The predicted octanol–water partition coefficient (Wildman–Crippen LogP) is 6.44. The summed E-state index contributed by atoms with van der Waals surface area (Å²) in [7, 11) is 0. The number of benzene rings is 3. The van der Waals surface area contributed by atoms with E-state index < -0.39 is 17.0 Å². The highest BCUT2D eigenvalue weighted by molar-refractivity contribution is 6.30. The zero-order chi connectivity index (χ0) is 24.0. The molecule has 0 spiro atoms. The molecule has 0 fully saturated rings. The van der Waals surface area contributed by atoms with Gasteiger partial charge >= 0.3 is 0 Å². The smallest absolute Gasteiger partial charge is 0.243 e. The lowest BCUT2D eigenvalue weighted by atomic mass is 9.77. The quantitative estimate of drug-likeness (QED) is 0.369. The number of carbonyl (C=O) groups is 1. The Bertz CT molecular complexity index is 1420. The van der Waals surface area contributed by atoms with Gasteiger partial charge in [-0.15, -0.1) is 0 Å². The molecule has 1 amide bonds. The first kappa shape index (κ1) is 22.0. The monoisotopic (exact) mass is 475 g/mol. The summed E-state index contributed by atoms with van der Waals surface area (Å²) >= 11 is 6.19. The van der Waals surface area contributed by atoms with Crippen LogP contribution in [-0.2, 0) is 16.6 Å². The normalized spacial score (nSPS) is 17.2. The molecule has 0 unspecified atom stereocenters. The maximum Gasteiger partial charge on any atom is 0.243 e. The number of rotatable bonds is 4. The van der Waals surface area contributed by atoms with E-state index in [1.165, 1.54) is 17.0 Å². The number of fused-ring (bicyclic) bond motifs is 1. The molecule has 0 saturated heterocycles. The molecule has 0 aliphatic carbocycles. The number of pyridine rings is 1. The Hall–Kier alpha value is -3.77. The van der Waals surface area contributed by atoms with E-state index in [9.17, 15) is 13.6 Å². The van der Waals surface area contributed by atoms with E-state index in [4.69, 9.17) is 17.3 Å². The Morgan fingerprint density at radius 1 is 0.941 bits per heavy atom. The number of nitrogens with two attached hydrogens (primary N) is 1. The van der Waals surface area contributed by atoms with E-state index in [2.05, 4.69) is 4.98 Å². The summed E-state index contributed by atoms with van der Waals surface area (Å²) in [6, 6.07) is 21.5. The van der Waals surface area contributed by atoms with Crippen LogP contribution < -0.4 is 10.6 Å². The first-order chi connectivity index (χ1) is 16.2. The molecule has 3 aromatic carbocycles. The third-order valence-corrected chi connectivity index (χ3v) is 6.37. The zero-order valence-corrected chi connectivity index (χ0v) is 19.0. The summed E-state index contributed by atoms with van der Waals surface area (Å²) in [6.07, 6.45) is 0.103. The van der Waals surface area contributed by atoms with Crippen molar-refractivity contribution >= 4 is 34.8 Å². The van der Waals surface area contributed by atoms with E-state index in [-0.39, 0.29) is 18.1 Å². The fraction of sp³-hybridized carbons (Fsp3) is 0.111. The largest absolute Gasteiger partial charge is 0.384 e. The number of anilines is 3. The first-order valence-corrected chi connectivity index (χ1v) is 11.0. The topological polar surface area (TPSA) is 59.2 Å². The number of aromatic nitrogens is 1. The average Bonchev–Trinajstić information content (AvgIpc) is 2.99. The lowest BCUT2D eigenvalue weighted by Crippen LogP contribution is -2.38. The van der Waals surface area contributed by atoms with Gasteiger partial charge in [-0.3, -0.25) is 9.69 Å². The summed E-state index contributed by atoms with van der Waals surface area (Å²) in [5, 5.41) is 0.595. The molecule has 0 saturated carbocycles. The SMILES string of the molecule is C[C@@]1(Cc2cc(F)cc(F)c2)C(=O)N(c2cccc(N)n2)c2ccc(-c3cccc(Cl)c3)cc21. The van der Waals surface area contributed by atoms with Gasteiger partial charge in [-0.05, 0) is 84.1 Å². The van der Waals surface area contributed by atoms with Gasteiger partial charge in [0.2, 0.25) is 5.91 Å². The van der Waals surface area contributed by atoms with Crippen molar-refractivity contribution < 1.29 is 13.6 Å². The Morgan fingerprint density at radius 3 is 2.35 bits per heavy atom. The van der Waals surface area contributed by atoms with Crippen molar-refractivity contribution in [2.45, 2.75) is 18.8 Å². The minimum atomic E-state index is -1.10. The fourth-order valence-corrected chi connectivity index (χ4v) is 4.77. The number of hydrogen-bond acceptors (Lipinski definition) is 3. The lowest BCUT2D eigenvalue weighted by Gasteiger charge is -2.24. The van der Waals surface area contributed by atoms with E-state index in [1.807, 2.05) is 36.4 Å². The minimum Gasteiger partial charge on any atom is -0.384 e. The number of nitrogen functional groups attached to an aromatic ring is 1. The summed E-state index contributed by atoms with van der Waals surface area (Å²) < 4.78 is 27.9. The maximum atomic E-state index is 14.0. The number of halogens is 3. The van der Waals surface area contributed by atoms with E-state index >= 15 is 0 Å². The van der Waals surface area contributed by atoms with Gasteiger partial charge in [0, 0.05) is 11.1 Å². The third kappa shape index (κ3) is 3.80. The molecule has 1 aromatic heterocycles. The Kier molecular flexibility index (Phi) is 5.33. The number of carbonyl (C=O) groups excluding carboxylic acids is 1. The highest BCUT2D eigenvalue weighted by Gasteiger charge is 2.48. The molecule has 0 radical (unpaired) electrons. The van der Waals surface area contributed by atoms with Crippen LogP contribution in [0.25, 0.3) is 11.1 Å². The summed E-state index contributed by atoms with van der Waals surface area (Å²) in [5.41, 5.74) is 8.30. The Labute approximate surface area is 200 Å². The molecule has 1 aliphatic rings. The van der Waals surface area contributed by atoms with Gasteiger partial charge in [-0.1, -0.05) is 35.9 Å². The van der Waals surface area contributed by atoms with Crippen LogP contribution in [0.4, 0.5) is 26.1 Å². The zero-order valence-electron chi connectivity index (χ0n) is 18.2. The molecule has 2 heterocycles. The molecule has 2 N–H and O–H groups in total. The second kappa shape index (κ2) is 8.22. The van der Waals surface area contributed by atoms with Crippen LogP contribution in [0.5, 0.6) is 0 Å². The number of nitrogens with zero attached hydrogens (tertiary/aromatic N) is 2. The van der Waals surface area contributed by atoms with E-state index in [0.29, 0.717) is 22.1 Å². The summed E-state index contributed by atoms with van der Waals surface area (Å²) in [5.74, 6) is -0.967. The minimum absolute atomic E-state index is 0.103. The van der Waals surface area contributed by atoms with Crippen LogP contribution in [0.3, 0.4) is 0 Å². The number of amides is 1. The molecule has 1 atom stereocenters. The van der Waals surface area contributed by atoms with Crippen LogP contribution in [0.1, 0.15) is 18.1 Å². The molecule has 0 bridgehead atoms. The van der Waals surface area contributed by atoms with Crippen LogP contribution in [0, 0.1) is 11.6 Å². The van der Waals surface area contributed by atoms with Crippen molar-refractivity contribution in [1.29, 1.82) is 0 Å². The van der Waals surface area contributed by atoms with Crippen molar-refractivity contribution in [3.05, 3.63) is 107 Å². The van der Waals surface area contributed by atoms with Crippen molar-refractivity contribution in [2.24, 2.45) is 0 Å². The highest BCUT2D eigenvalue weighted by atomic mass is 35.5. The molecule has 1 aliphatic heterocycles. The summed E-state index contributed by atoms with van der Waals surface area (Å²) in [4.78, 5) is 19.8. The Balaban J connectivity index is 1.69. The highest BCUT2D eigenvalue weighted by Crippen LogP contribution is 2.48. The third-order valence-electron chi connectivity index (χ3n) is 6.13. The van der Waals surface area contributed by atoms with Crippen LogP contribution in [0.2, 0.25) is 5.02 Å². The molecule has 5 rings (SSSR count). The second-order valence-electron chi connectivity index (χ2n) is 8.59. The standard InChI is InChI=1S/C27H20ClF2N3O/c1-27(15-16-10-20(29)14-21(30)11-16)22-13-18(17-4-2-5-19(28)12-17)8-9-23(22)33(26(27)34)25-7-3-6-24(31)32-25/h2-14H,15H2,1H3,(H2,31,32)/t27-/m0/s1. The molecule has 170 valence electrons. The predicted molar refractivity (Wildman–Crippen MR) is 130 cm³/mol. The number of hydrogen-bond donors (Lipinski definition) is 1. The molecule has 4 aromatic rings. The van der Waals surface area contributed by atoms with Gasteiger partial charge in [-0.25, -0.2) is 13.8 Å². The van der Waals surface area contributed by atoms with E-state index in [1.54, 1.807) is 31.2 Å². The molecule has 34 heavy (non-hydrogen) atoms. The Morgan fingerprint density at radius 2 is 1.65 bits per heavy atom. The van der Waals surface area contributed by atoms with Crippen LogP contribution >= 0.6 is 11.6 Å². The van der Waals surface area contributed by atoms with Gasteiger partial charge < -0.3 is 5.73 Å². The van der Waals surface area contributed by atoms with Gasteiger partial charge in [0.1, 0.15) is 23.3 Å². The van der Waals surface area contributed by atoms with Crippen LogP contribution in [0.15, 0.2) is 78.9 Å². The molecular weight excluding hydrogens is 456 g/mol. The fourth-order valence-electron chi connectivity index (χ4n) is 4.58. The van der Waals surface area contributed by atoms with Crippen molar-refractivity contribution in [3.8, 4) is 11.1 Å². The maximum absolute atomic E-state index is 14.0. The van der Waals surface area contributed by atoms with Gasteiger partial charge in [0.15, 0.2) is 0 Å². The molecule has 4 nitrogen and oxygen atoms in total. The lowest BCUT2D eigenvalue weighted by molar-refractivity contribution is -0.122. The second-order valence-corrected chi connectivity index (χ2v) is 9.03. The molecular formula is C27H20ClF2N3O. The van der Waals surface area contributed by atoms with Gasteiger partial charge in [0.25, 0.3) is 0 Å². The van der Waals surface area contributed by atoms with Crippen molar-refractivity contribution in [1.82, 2.24) is 4.98 Å². The average molecular weight is 476 g/mol.